The van der Waals surface area contributed by atoms with Gasteiger partial charge in [-0.2, -0.15) is 5.26 Å². The summed E-state index contributed by atoms with van der Waals surface area (Å²) in [5.41, 5.74) is 0.529. The first kappa shape index (κ1) is 19.5. The van der Waals surface area contributed by atoms with Crippen LogP contribution in [0.25, 0.3) is 0 Å². The van der Waals surface area contributed by atoms with Crippen molar-refractivity contribution < 1.29 is 14.4 Å². The van der Waals surface area contributed by atoms with E-state index in [2.05, 4.69) is 17.0 Å². The third-order valence-corrected chi connectivity index (χ3v) is 6.20. The Labute approximate surface area is 162 Å². The molecule has 1 saturated heterocycles. The van der Waals surface area contributed by atoms with Gasteiger partial charge in [0.05, 0.1) is 45.0 Å². The normalized spacial score (nSPS) is 20.0. The van der Waals surface area contributed by atoms with Gasteiger partial charge in [-0.05, 0) is 25.0 Å². The van der Waals surface area contributed by atoms with Crippen LogP contribution in [0.4, 0.5) is 5.69 Å². The summed E-state index contributed by atoms with van der Waals surface area (Å²) in [5.74, 6) is 0.990. The molecule has 1 aromatic rings. The number of amides is 1. The van der Waals surface area contributed by atoms with Gasteiger partial charge in [-0.1, -0.05) is 31.4 Å². The lowest BCUT2D eigenvalue weighted by Crippen LogP contribution is -3.16. The molecule has 2 fully saturated rings. The van der Waals surface area contributed by atoms with Crippen LogP contribution in [0.1, 0.15) is 32.1 Å². The molecule has 1 aliphatic heterocycles. The minimum Gasteiger partial charge on any atom is -0.495 e. The Morgan fingerprint density at radius 2 is 1.93 bits per heavy atom. The summed E-state index contributed by atoms with van der Waals surface area (Å²) >= 11 is 0. The Bertz CT molecular complexity index is 686. The first-order valence-corrected chi connectivity index (χ1v) is 9.99. The number of nitrogens with one attached hydrogen (secondary N) is 1. The number of nitriles is 1. The number of para-hydroxylation sites is 2. The molecule has 1 aromatic carbocycles. The Morgan fingerprint density at radius 1 is 1.26 bits per heavy atom. The highest BCUT2D eigenvalue weighted by atomic mass is 16.5. The molecule has 27 heavy (non-hydrogen) atoms. The molecule has 0 unspecified atom stereocenters. The zero-order valence-electron chi connectivity index (χ0n) is 16.5. The van der Waals surface area contributed by atoms with E-state index in [-0.39, 0.29) is 5.91 Å². The highest BCUT2D eigenvalue weighted by Crippen LogP contribution is 2.32. The van der Waals surface area contributed by atoms with Crippen molar-refractivity contribution in [1.29, 1.82) is 5.26 Å². The number of benzene rings is 1. The van der Waals surface area contributed by atoms with E-state index in [1.165, 1.54) is 11.3 Å². The molecule has 6 nitrogen and oxygen atoms in total. The molecular formula is C21H31N4O2+. The number of ether oxygens (including phenoxy) is 1. The van der Waals surface area contributed by atoms with Crippen molar-refractivity contribution in [2.24, 2.45) is 0 Å². The highest BCUT2D eigenvalue weighted by molar-refractivity contribution is 5.78. The molecule has 1 amide bonds. The predicted molar refractivity (Wildman–Crippen MR) is 105 cm³/mol. The van der Waals surface area contributed by atoms with E-state index in [0.29, 0.717) is 6.54 Å². The quantitative estimate of drug-likeness (QED) is 0.842. The van der Waals surface area contributed by atoms with Crippen LogP contribution in [0.15, 0.2) is 24.3 Å². The Balaban J connectivity index is 1.56. The predicted octanol–water partition coefficient (Wildman–Crippen LogP) is 1.08. The van der Waals surface area contributed by atoms with Crippen LogP contribution in [0.3, 0.4) is 0 Å². The van der Waals surface area contributed by atoms with Crippen molar-refractivity contribution in [2.45, 2.75) is 37.6 Å². The SMILES string of the molecule is COc1ccccc1N1CC[NH+](CC(=O)N(C)C2(C#N)CCCCC2)CC1. The number of methoxy groups -OCH3 is 1. The number of hydrogen-bond donors (Lipinski definition) is 1. The first-order chi connectivity index (χ1) is 13.1. The molecule has 0 spiro atoms. The van der Waals surface area contributed by atoms with Crippen LogP contribution in [0.2, 0.25) is 0 Å². The van der Waals surface area contributed by atoms with E-state index in [1.54, 1.807) is 12.0 Å². The largest absolute Gasteiger partial charge is 0.495 e. The standard InChI is InChI=1S/C21H30N4O2/c1-23(21(17-22)10-6-3-7-11-21)20(26)16-24-12-14-25(15-13-24)18-8-4-5-9-19(18)27-2/h4-5,8-9H,3,6-7,10-16H2,1-2H3/p+1. The average Bonchev–Trinajstić information content (AvgIpc) is 2.74. The van der Waals surface area contributed by atoms with Crippen LogP contribution >= 0.6 is 0 Å². The molecule has 0 atom stereocenters. The molecule has 1 aliphatic carbocycles. The maximum atomic E-state index is 12.8. The van der Waals surface area contributed by atoms with Gasteiger partial charge in [0, 0.05) is 7.05 Å². The molecule has 0 bridgehead atoms. The van der Waals surface area contributed by atoms with E-state index < -0.39 is 5.54 Å². The van der Waals surface area contributed by atoms with Crippen LogP contribution in [-0.2, 0) is 4.79 Å². The van der Waals surface area contributed by atoms with Gasteiger partial charge in [-0.3, -0.25) is 4.79 Å². The smallest absolute Gasteiger partial charge is 0.278 e. The van der Waals surface area contributed by atoms with E-state index in [0.717, 1.165) is 63.3 Å². The Kier molecular flexibility index (Phi) is 6.22. The van der Waals surface area contributed by atoms with Crippen molar-refractivity contribution in [1.82, 2.24) is 4.90 Å². The van der Waals surface area contributed by atoms with Gasteiger partial charge in [0.25, 0.3) is 5.91 Å². The van der Waals surface area contributed by atoms with Gasteiger partial charge < -0.3 is 19.4 Å². The summed E-state index contributed by atoms with van der Waals surface area (Å²) in [6.07, 6.45) is 4.86. The lowest BCUT2D eigenvalue weighted by Gasteiger charge is -2.40. The highest BCUT2D eigenvalue weighted by Gasteiger charge is 2.40. The second-order valence-corrected chi connectivity index (χ2v) is 7.74. The van der Waals surface area contributed by atoms with Crippen LogP contribution in [0, 0.1) is 11.3 Å². The summed E-state index contributed by atoms with van der Waals surface area (Å²) in [6.45, 7) is 4.10. The fourth-order valence-corrected chi connectivity index (χ4v) is 4.36. The van der Waals surface area contributed by atoms with Crippen molar-refractivity contribution in [3.8, 4) is 11.8 Å². The average molecular weight is 372 g/mol. The number of rotatable bonds is 5. The van der Waals surface area contributed by atoms with Gasteiger partial charge >= 0.3 is 0 Å². The number of carbonyl (C=O) groups excluding carboxylic acids is 1. The van der Waals surface area contributed by atoms with Gasteiger partial charge in [-0.25, -0.2) is 0 Å². The van der Waals surface area contributed by atoms with Gasteiger partial charge in [0.2, 0.25) is 0 Å². The van der Waals surface area contributed by atoms with Crippen molar-refractivity contribution >= 4 is 11.6 Å². The molecule has 1 heterocycles. The monoisotopic (exact) mass is 371 g/mol. The molecule has 146 valence electrons. The van der Waals surface area contributed by atoms with E-state index in [1.807, 2.05) is 25.2 Å². The van der Waals surface area contributed by atoms with Gasteiger partial charge in [0.1, 0.15) is 11.3 Å². The molecule has 6 heteroatoms. The number of quaternary nitrogens is 1. The third kappa shape index (κ3) is 4.19. The second-order valence-electron chi connectivity index (χ2n) is 7.74. The fraction of sp³-hybridized carbons (Fsp3) is 0.619. The summed E-state index contributed by atoms with van der Waals surface area (Å²) in [4.78, 5) is 18.2. The molecule has 0 aromatic heterocycles. The van der Waals surface area contributed by atoms with Crippen LogP contribution < -0.4 is 14.5 Å². The minimum atomic E-state index is -0.589. The fourth-order valence-electron chi connectivity index (χ4n) is 4.36. The summed E-state index contributed by atoms with van der Waals surface area (Å²) in [5, 5.41) is 9.71. The maximum absolute atomic E-state index is 12.8. The van der Waals surface area contributed by atoms with E-state index >= 15 is 0 Å². The topological polar surface area (TPSA) is 61.0 Å². The number of anilines is 1. The lowest BCUT2D eigenvalue weighted by molar-refractivity contribution is -0.892. The molecule has 1 saturated carbocycles. The third-order valence-electron chi connectivity index (χ3n) is 6.20. The zero-order valence-corrected chi connectivity index (χ0v) is 16.5. The number of nitrogens with zero attached hydrogens (tertiary/aromatic N) is 3. The van der Waals surface area contributed by atoms with Crippen LogP contribution in [-0.4, -0.2) is 63.2 Å². The molecule has 1 N–H and O–H groups in total. The molecule has 0 radical (unpaired) electrons. The zero-order chi connectivity index (χ0) is 19.3. The van der Waals surface area contributed by atoms with Crippen molar-refractivity contribution in [2.75, 3.05) is 51.8 Å². The summed E-state index contributed by atoms with van der Waals surface area (Å²) < 4.78 is 5.47. The molecule has 3 rings (SSSR count). The van der Waals surface area contributed by atoms with Gasteiger partial charge in [0.15, 0.2) is 6.54 Å². The lowest BCUT2D eigenvalue weighted by atomic mass is 9.81. The number of piperazine rings is 1. The van der Waals surface area contributed by atoms with E-state index in [9.17, 15) is 10.1 Å². The molecular weight excluding hydrogens is 340 g/mol. The second kappa shape index (κ2) is 8.62. The van der Waals surface area contributed by atoms with E-state index in [4.69, 9.17) is 4.74 Å². The molecule has 2 aliphatic rings. The number of hydrogen-bond acceptors (Lipinski definition) is 4. The summed E-state index contributed by atoms with van der Waals surface area (Å²) in [7, 11) is 3.52. The van der Waals surface area contributed by atoms with Crippen molar-refractivity contribution in [3.63, 3.8) is 0 Å². The Morgan fingerprint density at radius 3 is 2.56 bits per heavy atom. The van der Waals surface area contributed by atoms with Crippen molar-refractivity contribution in [3.05, 3.63) is 24.3 Å². The first-order valence-electron chi connectivity index (χ1n) is 9.99. The van der Waals surface area contributed by atoms with Gasteiger partial charge in [-0.15, -0.1) is 0 Å². The summed E-state index contributed by atoms with van der Waals surface area (Å²) in [6, 6.07) is 10.5. The minimum absolute atomic E-state index is 0.0965. The number of carbonyl (C=O) groups is 1. The number of likely N-dealkylation sites (N-methyl/N-ethyl adjacent to an activating group) is 1. The Hall–Kier alpha value is -2.26. The maximum Gasteiger partial charge on any atom is 0.278 e. The van der Waals surface area contributed by atoms with Crippen LogP contribution in [0.5, 0.6) is 5.75 Å².